The van der Waals surface area contributed by atoms with Crippen LogP contribution in [-0.2, 0) is 4.74 Å². The molecule has 2 N–H and O–H groups in total. The first-order valence-corrected chi connectivity index (χ1v) is 9.67. The van der Waals surface area contributed by atoms with Gasteiger partial charge in [0.2, 0.25) is 5.89 Å². The number of nitrogens with zero attached hydrogens (tertiary/aromatic N) is 3. The molecule has 0 bridgehead atoms. The summed E-state index contributed by atoms with van der Waals surface area (Å²) in [6, 6.07) is 6.66. The summed E-state index contributed by atoms with van der Waals surface area (Å²) >= 11 is 0. The smallest absolute Gasteiger partial charge is 0.315 e. The molecular formula is C20H27N5O2. The van der Waals surface area contributed by atoms with E-state index in [-0.39, 0.29) is 0 Å². The number of aryl methyl sites for hydroxylation is 2. The van der Waals surface area contributed by atoms with Crippen LogP contribution in [0.3, 0.4) is 0 Å². The number of benzene rings is 1. The standard InChI is InChI=1S/C20H27N5O2/c1-14-15(2)22-18-6-5-16(13-17(14)18)19-23-24-20(27-19)21-7-3-4-8-25-9-11-26-12-10-25/h5-6,13,22H,3-4,7-12H2,1-2H3,(H,21,24). The van der Waals surface area contributed by atoms with Crippen LogP contribution in [-0.4, -0.2) is 59.5 Å². The predicted molar refractivity (Wildman–Crippen MR) is 106 cm³/mol. The third-order valence-corrected chi connectivity index (χ3v) is 5.26. The number of anilines is 1. The number of rotatable bonds is 7. The number of aromatic nitrogens is 3. The van der Waals surface area contributed by atoms with Crippen LogP contribution in [0.1, 0.15) is 24.1 Å². The summed E-state index contributed by atoms with van der Waals surface area (Å²) in [6.07, 6.45) is 2.22. The number of hydrogen-bond acceptors (Lipinski definition) is 6. The van der Waals surface area contributed by atoms with E-state index in [4.69, 9.17) is 9.15 Å². The molecule has 4 rings (SSSR count). The van der Waals surface area contributed by atoms with E-state index in [0.29, 0.717) is 11.9 Å². The van der Waals surface area contributed by atoms with Gasteiger partial charge in [0.15, 0.2) is 0 Å². The third-order valence-electron chi connectivity index (χ3n) is 5.26. The Bertz CT molecular complexity index is 895. The average molecular weight is 369 g/mol. The zero-order valence-corrected chi connectivity index (χ0v) is 16.0. The number of nitrogens with one attached hydrogen (secondary N) is 2. The summed E-state index contributed by atoms with van der Waals surface area (Å²) in [7, 11) is 0. The van der Waals surface area contributed by atoms with E-state index >= 15 is 0 Å². The molecule has 0 unspecified atom stereocenters. The number of morpholine rings is 1. The molecule has 0 aliphatic carbocycles. The van der Waals surface area contributed by atoms with Crippen molar-refractivity contribution in [2.75, 3.05) is 44.7 Å². The van der Waals surface area contributed by atoms with Crippen LogP contribution < -0.4 is 5.32 Å². The summed E-state index contributed by atoms with van der Waals surface area (Å²) in [5.41, 5.74) is 4.52. The molecule has 1 saturated heterocycles. The van der Waals surface area contributed by atoms with Crippen LogP contribution >= 0.6 is 0 Å². The monoisotopic (exact) mass is 369 g/mol. The van der Waals surface area contributed by atoms with Crippen molar-refractivity contribution in [1.29, 1.82) is 0 Å². The molecule has 7 heteroatoms. The van der Waals surface area contributed by atoms with Gasteiger partial charge in [0.05, 0.1) is 13.2 Å². The van der Waals surface area contributed by atoms with Crippen LogP contribution in [0.5, 0.6) is 0 Å². The summed E-state index contributed by atoms with van der Waals surface area (Å²) < 4.78 is 11.2. The number of fused-ring (bicyclic) bond motifs is 1. The number of hydrogen-bond donors (Lipinski definition) is 2. The second kappa shape index (κ2) is 8.10. The number of H-pyrrole nitrogens is 1. The van der Waals surface area contributed by atoms with Gasteiger partial charge in [0.25, 0.3) is 0 Å². The number of aromatic amines is 1. The summed E-state index contributed by atoms with van der Waals surface area (Å²) in [5, 5.41) is 12.7. The molecular weight excluding hydrogens is 342 g/mol. The molecule has 2 aromatic heterocycles. The average Bonchev–Trinajstić information content (AvgIpc) is 3.27. The lowest BCUT2D eigenvalue weighted by Gasteiger charge is -2.26. The molecule has 0 amide bonds. The molecule has 1 aromatic carbocycles. The Balaban J connectivity index is 1.30. The van der Waals surface area contributed by atoms with E-state index in [1.807, 2.05) is 6.07 Å². The van der Waals surface area contributed by atoms with Gasteiger partial charge in [-0.25, -0.2) is 0 Å². The molecule has 27 heavy (non-hydrogen) atoms. The Labute approximate surface area is 159 Å². The quantitative estimate of drug-likeness (QED) is 0.622. The van der Waals surface area contributed by atoms with Crippen molar-refractivity contribution >= 4 is 16.9 Å². The first-order valence-electron chi connectivity index (χ1n) is 9.67. The van der Waals surface area contributed by atoms with Crippen molar-refractivity contribution in [2.24, 2.45) is 0 Å². The molecule has 7 nitrogen and oxygen atoms in total. The van der Waals surface area contributed by atoms with E-state index in [2.05, 4.69) is 51.4 Å². The van der Waals surface area contributed by atoms with Crippen LogP contribution in [0.4, 0.5) is 6.01 Å². The minimum absolute atomic E-state index is 0.485. The molecule has 0 saturated carbocycles. The zero-order chi connectivity index (χ0) is 18.6. The summed E-state index contributed by atoms with van der Waals surface area (Å²) in [4.78, 5) is 5.84. The van der Waals surface area contributed by atoms with Gasteiger partial charge >= 0.3 is 6.01 Å². The maximum absolute atomic E-state index is 5.79. The maximum Gasteiger partial charge on any atom is 0.315 e. The van der Waals surface area contributed by atoms with Crippen molar-refractivity contribution in [1.82, 2.24) is 20.1 Å². The summed E-state index contributed by atoms with van der Waals surface area (Å²) in [6.45, 7) is 9.97. The minimum atomic E-state index is 0.485. The topological polar surface area (TPSA) is 79.2 Å². The minimum Gasteiger partial charge on any atom is -0.403 e. The summed E-state index contributed by atoms with van der Waals surface area (Å²) in [5.74, 6) is 0.547. The molecule has 3 heterocycles. The molecule has 144 valence electrons. The Morgan fingerprint density at radius 2 is 2.00 bits per heavy atom. The molecule has 1 aliphatic heterocycles. The normalized spacial score (nSPS) is 15.5. The Morgan fingerprint density at radius 3 is 2.85 bits per heavy atom. The van der Waals surface area contributed by atoms with E-state index in [1.54, 1.807) is 0 Å². The van der Waals surface area contributed by atoms with E-state index in [0.717, 1.165) is 63.3 Å². The molecule has 1 aliphatic rings. The van der Waals surface area contributed by atoms with Crippen LogP contribution in [0.15, 0.2) is 22.6 Å². The van der Waals surface area contributed by atoms with Gasteiger partial charge in [-0.1, -0.05) is 5.10 Å². The number of unbranched alkanes of at least 4 members (excludes halogenated alkanes) is 1. The van der Waals surface area contributed by atoms with Gasteiger partial charge < -0.3 is 19.5 Å². The fourth-order valence-corrected chi connectivity index (χ4v) is 3.49. The highest BCUT2D eigenvalue weighted by Crippen LogP contribution is 2.27. The fourth-order valence-electron chi connectivity index (χ4n) is 3.49. The zero-order valence-electron chi connectivity index (χ0n) is 16.0. The van der Waals surface area contributed by atoms with Crippen molar-refractivity contribution < 1.29 is 9.15 Å². The SMILES string of the molecule is Cc1[nH]c2ccc(-c3nnc(NCCCCN4CCOCC4)o3)cc2c1C. The largest absolute Gasteiger partial charge is 0.403 e. The molecule has 0 atom stereocenters. The highest BCUT2D eigenvalue weighted by molar-refractivity contribution is 5.87. The second-order valence-corrected chi connectivity index (χ2v) is 7.14. The van der Waals surface area contributed by atoms with Crippen molar-refractivity contribution in [3.05, 3.63) is 29.5 Å². The predicted octanol–water partition coefficient (Wildman–Crippen LogP) is 3.36. The van der Waals surface area contributed by atoms with Gasteiger partial charge in [0.1, 0.15) is 0 Å². The van der Waals surface area contributed by atoms with Crippen LogP contribution in [0.2, 0.25) is 0 Å². The second-order valence-electron chi connectivity index (χ2n) is 7.14. The Morgan fingerprint density at radius 1 is 1.15 bits per heavy atom. The first-order chi connectivity index (χ1) is 13.2. The van der Waals surface area contributed by atoms with E-state index in [9.17, 15) is 0 Å². The lowest BCUT2D eigenvalue weighted by molar-refractivity contribution is 0.0373. The maximum atomic E-state index is 5.79. The first kappa shape index (κ1) is 18.0. The van der Waals surface area contributed by atoms with Gasteiger partial charge in [-0.15, -0.1) is 5.10 Å². The lowest BCUT2D eigenvalue weighted by Crippen LogP contribution is -2.36. The molecule has 1 fully saturated rings. The van der Waals surface area contributed by atoms with Gasteiger partial charge in [-0.05, 0) is 57.0 Å². The van der Waals surface area contributed by atoms with Gasteiger partial charge in [-0.3, -0.25) is 4.90 Å². The highest BCUT2D eigenvalue weighted by atomic mass is 16.5. The lowest BCUT2D eigenvalue weighted by atomic mass is 10.1. The highest BCUT2D eigenvalue weighted by Gasteiger charge is 2.12. The number of ether oxygens (including phenoxy) is 1. The fraction of sp³-hybridized carbons (Fsp3) is 0.500. The van der Waals surface area contributed by atoms with E-state index < -0.39 is 0 Å². The molecule has 0 radical (unpaired) electrons. The Kier molecular flexibility index (Phi) is 5.40. The van der Waals surface area contributed by atoms with Gasteiger partial charge in [-0.2, -0.15) is 0 Å². The third kappa shape index (κ3) is 4.14. The van der Waals surface area contributed by atoms with Crippen molar-refractivity contribution in [3.63, 3.8) is 0 Å². The molecule has 3 aromatic rings. The van der Waals surface area contributed by atoms with E-state index in [1.165, 1.54) is 16.6 Å². The van der Waals surface area contributed by atoms with Gasteiger partial charge in [0, 0.05) is 41.8 Å². The van der Waals surface area contributed by atoms with Crippen molar-refractivity contribution in [2.45, 2.75) is 26.7 Å². The van der Waals surface area contributed by atoms with Crippen LogP contribution in [0.25, 0.3) is 22.4 Å². The van der Waals surface area contributed by atoms with Crippen molar-refractivity contribution in [3.8, 4) is 11.5 Å². The molecule has 0 spiro atoms. The Hall–Kier alpha value is -2.38. The van der Waals surface area contributed by atoms with Crippen LogP contribution in [0, 0.1) is 13.8 Å².